The lowest BCUT2D eigenvalue weighted by Gasteiger charge is -2.37. The Bertz CT molecular complexity index is 792. The second-order valence-corrected chi connectivity index (χ2v) is 6.61. The third kappa shape index (κ3) is 4.32. The standard InChI is InChI=1S/C20H22N4O3/c25-19(24-12-10-20(11-13-24)26-14-15-27-20)21-16-6-8-18(9-7-16)23-22-17-4-2-1-3-5-17/h1-9H,10-15H2,(H,21,25). The number of ether oxygens (including phenoxy) is 2. The molecule has 1 spiro atoms. The molecule has 0 aromatic heterocycles. The van der Waals surface area contributed by atoms with Crippen LogP contribution in [0.2, 0.25) is 0 Å². The third-order valence-corrected chi connectivity index (χ3v) is 4.78. The average Bonchev–Trinajstić information content (AvgIpc) is 3.16. The number of amides is 2. The van der Waals surface area contributed by atoms with E-state index in [1.54, 1.807) is 4.90 Å². The Balaban J connectivity index is 1.30. The zero-order valence-corrected chi connectivity index (χ0v) is 15.0. The second kappa shape index (κ2) is 7.85. The van der Waals surface area contributed by atoms with Crippen LogP contribution in [0.4, 0.5) is 21.9 Å². The molecule has 0 unspecified atom stereocenters. The first-order chi connectivity index (χ1) is 13.2. The molecule has 2 heterocycles. The van der Waals surface area contributed by atoms with E-state index in [9.17, 15) is 4.79 Å². The van der Waals surface area contributed by atoms with Crippen LogP contribution in [0.25, 0.3) is 0 Å². The predicted octanol–water partition coefficient (Wildman–Crippen LogP) is 4.47. The summed E-state index contributed by atoms with van der Waals surface area (Å²) in [6, 6.07) is 16.7. The van der Waals surface area contributed by atoms with E-state index < -0.39 is 5.79 Å². The van der Waals surface area contributed by atoms with Gasteiger partial charge >= 0.3 is 6.03 Å². The topological polar surface area (TPSA) is 75.5 Å². The zero-order chi connectivity index (χ0) is 18.5. The van der Waals surface area contributed by atoms with Gasteiger partial charge in [-0.05, 0) is 36.4 Å². The summed E-state index contributed by atoms with van der Waals surface area (Å²) in [5.41, 5.74) is 2.26. The molecule has 2 aromatic rings. The van der Waals surface area contributed by atoms with E-state index in [0.29, 0.717) is 39.1 Å². The van der Waals surface area contributed by atoms with Crippen LogP contribution < -0.4 is 5.32 Å². The van der Waals surface area contributed by atoms with Gasteiger partial charge < -0.3 is 19.7 Å². The molecule has 27 heavy (non-hydrogen) atoms. The van der Waals surface area contributed by atoms with Crippen LogP contribution in [0.3, 0.4) is 0 Å². The summed E-state index contributed by atoms with van der Waals surface area (Å²) in [6.07, 6.45) is 1.42. The highest BCUT2D eigenvalue weighted by Crippen LogP contribution is 2.31. The van der Waals surface area contributed by atoms with Crippen molar-refractivity contribution >= 4 is 23.1 Å². The summed E-state index contributed by atoms with van der Waals surface area (Å²) in [5.74, 6) is -0.470. The summed E-state index contributed by atoms with van der Waals surface area (Å²) >= 11 is 0. The number of carbonyl (C=O) groups excluding carboxylic acids is 1. The highest BCUT2D eigenvalue weighted by Gasteiger charge is 2.40. The van der Waals surface area contributed by atoms with Gasteiger partial charge in [0, 0.05) is 31.6 Å². The smallest absolute Gasteiger partial charge is 0.321 e. The number of hydrogen-bond acceptors (Lipinski definition) is 5. The first kappa shape index (κ1) is 17.6. The van der Waals surface area contributed by atoms with E-state index in [0.717, 1.165) is 17.1 Å². The van der Waals surface area contributed by atoms with Gasteiger partial charge in [-0.25, -0.2) is 4.79 Å². The number of anilines is 1. The van der Waals surface area contributed by atoms with E-state index in [2.05, 4.69) is 15.5 Å². The van der Waals surface area contributed by atoms with Crippen LogP contribution in [0, 0.1) is 0 Å². The number of nitrogens with zero attached hydrogens (tertiary/aromatic N) is 3. The number of hydrogen-bond donors (Lipinski definition) is 1. The molecule has 7 nitrogen and oxygen atoms in total. The van der Waals surface area contributed by atoms with E-state index in [1.165, 1.54) is 0 Å². The van der Waals surface area contributed by atoms with Gasteiger partial charge in [0.2, 0.25) is 0 Å². The van der Waals surface area contributed by atoms with E-state index in [1.807, 2.05) is 54.6 Å². The molecule has 0 radical (unpaired) electrons. The number of piperidine rings is 1. The third-order valence-electron chi connectivity index (χ3n) is 4.78. The Kier molecular flexibility index (Phi) is 5.13. The van der Waals surface area contributed by atoms with Crippen molar-refractivity contribution in [1.82, 2.24) is 4.90 Å². The molecule has 2 amide bonds. The molecule has 4 rings (SSSR count). The molecule has 0 aliphatic carbocycles. The van der Waals surface area contributed by atoms with Gasteiger partial charge in [0.1, 0.15) is 0 Å². The normalized spacial score (nSPS) is 18.9. The Morgan fingerprint density at radius 3 is 2.11 bits per heavy atom. The SMILES string of the molecule is O=C(Nc1ccc(N=Nc2ccccc2)cc1)N1CCC2(CC1)OCCO2. The van der Waals surface area contributed by atoms with Gasteiger partial charge in [-0.3, -0.25) is 0 Å². The van der Waals surface area contributed by atoms with Crippen molar-refractivity contribution in [3.63, 3.8) is 0 Å². The summed E-state index contributed by atoms with van der Waals surface area (Å²) in [4.78, 5) is 14.2. The van der Waals surface area contributed by atoms with Crippen LogP contribution in [-0.2, 0) is 9.47 Å². The summed E-state index contributed by atoms with van der Waals surface area (Å²) in [5, 5.41) is 11.3. The van der Waals surface area contributed by atoms with Crippen molar-refractivity contribution in [3.8, 4) is 0 Å². The fourth-order valence-corrected chi connectivity index (χ4v) is 3.26. The van der Waals surface area contributed by atoms with Crippen LogP contribution in [0.15, 0.2) is 64.8 Å². The van der Waals surface area contributed by atoms with E-state index in [4.69, 9.17) is 9.47 Å². The first-order valence-corrected chi connectivity index (χ1v) is 9.13. The van der Waals surface area contributed by atoms with Crippen molar-refractivity contribution in [2.75, 3.05) is 31.6 Å². The number of likely N-dealkylation sites (tertiary alicyclic amines) is 1. The van der Waals surface area contributed by atoms with Crippen molar-refractivity contribution in [2.45, 2.75) is 18.6 Å². The molecule has 0 saturated carbocycles. The molecule has 7 heteroatoms. The Labute approximate surface area is 158 Å². The van der Waals surface area contributed by atoms with Crippen molar-refractivity contribution in [1.29, 1.82) is 0 Å². The van der Waals surface area contributed by atoms with Gasteiger partial charge in [0.05, 0.1) is 24.6 Å². The molecular weight excluding hydrogens is 344 g/mol. The maximum absolute atomic E-state index is 12.5. The summed E-state index contributed by atoms with van der Waals surface area (Å²) < 4.78 is 11.4. The van der Waals surface area contributed by atoms with E-state index in [-0.39, 0.29) is 6.03 Å². The highest BCUT2D eigenvalue weighted by atomic mass is 16.7. The molecule has 0 atom stereocenters. The molecule has 2 saturated heterocycles. The quantitative estimate of drug-likeness (QED) is 0.814. The van der Waals surface area contributed by atoms with Crippen molar-refractivity contribution in [3.05, 3.63) is 54.6 Å². The average molecular weight is 366 g/mol. The monoisotopic (exact) mass is 366 g/mol. The molecule has 2 aliphatic rings. The first-order valence-electron chi connectivity index (χ1n) is 9.13. The van der Waals surface area contributed by atoms with Crippen LogP contribution >= 0.6 is 0 Å². The zero-order valence-electron chi connectivity index (χ0n) is 15.0. The maximum atomic E-state index is 12.5. The van der Waals surface area contributed by atoms with E-state index >= 15 is 0 Å². The molecule has 0 bridgehead atoms. The number of benzene rings is 2. The van der Waals surface area contributed by atoms with Crippen molar-refractivity contribution in [2.24, 2.45) is 10.2 Å². The number of urea groups is 1. The Morgan fingerprint density at radius 2 is 1.48 bits per heavy atom. The van der Waals surface area contributed by atoms with Gasteiger partial charge in [-0.15, -0.1) is 0 Å². The summed E-state index contributed by atoms with van der Waals surface area (Å²) in [6.45, 7) is 2.52. The largest absolute Gasteiger partial charge is 0.347 e. The van der Waals surface area contributed by atoms with Gasteiger partial charge in [0.15, 0.2) is 5.79 Å². The second-order valence-electron chi connectivity index (χ2n) is 6.61. The minimum atomic E-state index is -0.470. The minimum Gasteiger partial charge on any atom is -0.347 e. The molecule has 1 N–H and O–H groups in total. The molecule has 140 valence electrons. The molecular formula is C20H22N4O3. The predicted molar refractivity (Wildman–Crippen MR) is 102 cm³/mol. The molecule has 2 fully saturated rings. The number of carbonyl (C=O) groups is 1. The minimum absolute atomic E-state index is 0.110. The molecule has 2 aromatic carbocycles. The Morgan fingerprint density at radius 1 is 0.889 bits per heavy atom. The van der Waals surface area contributed by atoms with Gasteiger partial charge in [-0.2, -0.15) is 10.2 Å². The highest BCUT2D eigenvalue weighted by molar-refractivity contribution is 5.89. The van der Waals surface area contributed by atoms with Crippen LogP contribution in [0.1, 0.15) is 12.8 Å². The fourth-order valence-electron chi connectivity index (χ4n) is 3.26. The molecule has 2 aliphatic heterocycles. The maximum Gasteiger partial charge on any atom is 0.321 e. The Hall–Kier alpha value is -2.77. The van der Waals surface area contributed by atoms with Crippen LogP contribution in [0.5, 0.6) is 0 Å². The van der Waals surface area contributed by atoms with Gasteiger partial charge in [0.25, 0.3) is 0 Å². The van der Waals surface area contributed by atoms with Gasteiger partial charge in [-0.1, -0.05) is 18.2 Å². The number of rotatable bonds is 3. The lowest BCUT2D eigenvalue weighted by atomic mass is 10.0. The number of azo groups is 1. The summed E-state index contributed by atoms with van der Waals surface area (Å²) in [7, 11) is 0. The van der Waals surface area contributed by atoms with Crippen LogP contribution in [-0.4, -0.2) is 43.0 Å². The fraction of sp³-hybridized carbons (Fsp3) is 0.350. The number of nitrogens with one attached hydrogen (secondary N) is 1. The lowest BCUT2D eigenvalue weighted by molar-refractivity contribution is -0.181. The lowest BCUT2D eigenvalue weighted by Crippen LogP contribution is -2.48. The van der Waals surface area contributed by atoms with Crippen molar-refractivity contribution < 1.29 is 14.3 Å².